The van der Waals surface area contributed by atoms with Gasteiger partial charge < -0.3 is 10.6 Å². The van der Waals surface area contributed by atoms with Crippen molar-refractivity contribution in [1.82, 2.24) is 4.90 Å². The van der Waals surface area contributed by atoms with E-state index in [2.05, 4.69) is 41.6 Å². The SMILES string of the molecule is CN(C)C(CN)CCCI. The Labute approximate surface area is 77.3 Å². The third-order valence-corrected chi connectivity index (χ3v) is 2.44. The van der Waals surface area contributed by atoms with Crippen molar-refractivity contribution in [2.24, 2.45) is 5.73 Å². The van der Waals surface area contributed by atoms with Crippen molar-refractivity contribution in [3.05, 3.63) is 0 Å². The van der Waals surface area contributed by atoms with Crippen molar-refractivity contribution in [2.45, 2.75) is 18.9 Å². The molecule has 0 aromatic rings. The monoisotopic (exact) mass is 256 g/mol. The minimum atomic E-state index is 0.578. The third-order valence-electron chi connectivity index (χ3n) is 1.67. The average molecular weight is 256 g/mol. The number of nitrogens with two attached hydrogens (primary N) is 1. The van der Waals surface area contributed by atoms with Crippen LogP contribution in [-0.2, 0) is 0 Å². The van der Waals surface area contributed by atoms with Crippen LogP contribution in [0, 0.1) is 0 Å². The fourth-order valence-electron chi connectivity index (χ4n) is 0.900. The zero-order chi connectivity index (χ0) is 7.98. The van der Waals surface area contributed by atoms with E-state index < -0.39 is 0 Å². The molecule has 3 heteroatoms. The molecule has 2 N–H and O–H groups in total. The van der Waals surface area contributed by atoms with Gasteiger partial charge in [-0.2, -0.15) is 0 Å². The van der Waals surface area contributed by atoms with Crippen LogP contribution in [0.2, 0.25) is 0 Å². The lowest BCUT2D eigenvalue weighted by atomic mass is 10.1. The Bertz CT molecular complexity index is 76.0. The summed E-state index contributed by atoms with van der Waals surface area (Å²) in [5.41, 5.74) is 5.57. The van der Waals surface area contributed by atoms with Gasteiger partial charge in [0.15, 0.2) is 0 Å². The highest BCUT2D eigenvalue weighted by Crippen LogP contribution is 2.03. The Hall–Kier alpha value is 0.650. The van der Waals surface area contributed by atoms with Gasteiger partial charge >= 0.3 is 0 Å². The lowest BCUT2D eigenvalue weighted by Gasteiger charge is -2.21. The van der Waals surface area contributed by atoms with E-state index in [4.69, 9.17) is 5.73 Å². The van der Waals surface area contributed by atoms with Crippen molar-refractivity contribution in [3.63, 3.8) is 0 Å². The summed E-state index contributed by atoms with van der Waals surface area (Å²) >= 11 is 2.40. The molecule has 0 rings (SSSR count). The topological polar surface area (TPSA) is 29.3 Å². The summed E-state index contributed by atoms with van der Waals surface area (Å²) in [6.45, 7) is 0.781. The second-order valence-electron chi connectivity index (χ2n) is 2.68. The van der Waals surface area contributed by atoms with Gasteiger partial charge in [0.25, 0.3) is 0 Å². The molecule has 0 aromatic carbocycles. The summed E-state index contributed by atoms with van der Waals surface area (Å²) in [4.78, 5) is 2.20. The highest BCUT2D eigenvalue weighted by Gasteiger charge is 2.06. The smallest absolute Gasteiger partial charge is 0.0212 e. The number of hydrogen-bond donors (Lipinski definition) is 1. The van der Waals surface area contributed by atoms with Crippen LogP contribution in [-0.4, -0.2) is 36.0 Å². The first-order chi connectivity index (χ1) is 4.72. The van der Waals surface area contributed by atoms with Crippen LogP contribution < -0.4 is 5.73 Å². The zero-order valence-electron chi connectivity index (χ0n) is 6.81. The van der Waals surface area contributed by atoms with Gasteiger partial charge in [-0.1, -0.05) is 22.6 Å². The summed E-state index contributed by atoms with van der Waals surface area (Å²) in [5, 5.41) is 0. The summed E-state index contributed by atoms with van der Waals surface area (Å²) in [5.74, 6) is 0. The molecule has 0 aliphatic heterocycles. The molecule has 62 valence electrons. The normalized spacial score (nSPS) is 14.1. The summed E-state index contributed by atoms with van der Waals surface area (Å²) in [6, 6.07) is 0.578. The average Bonchev–Trinajstić information content (AvgIpc) is 1.89. The maximum Gasteiger partial charge on any atom is 0.0212 e. The molecule has 2 nitrogen and oxygen atoms in total. The van der Waals surface area contributed by atoms with E-state index in [9.17, 15) is 0 Å². The largest absolute Gasteiger partial charge is 0.329 e. The van der Waals surface area contributed by atoms with Gasteiger partial charge in [0.05, 0.1) is 0 Å². The fourth-order valence-corrected chi connectivity index (χ4v) is 1.34. The van der Waals surface area contributed by atoms with Crippen molar-refractivity contribution in [3.8, 4) is 0 Å². The Morgan fingerprint density at radius 2 is 2.10 bits per heavy atom. The van der Waals surface area contributed by atoms with Crippen LogP contribution in [0.1, 0.15) is 12.8 Å². The fraction of sp³-hybridized carbons (Fsp3) is 1.00. The molecule has 0 heterocycles. The van der Waals surface area contributed by atoms with Gasteiger partial charge in [0.2, 0.25) is 0 Å². The predicted molar refractivity (Wildman–Crippen MR) is 54.7 cm³/mol. The molecular weight excluding hydrogens is 239 g/mol. The van der Waals surface area contributed by atoms with Gasteiger partial charge in [-0.05, 0) is 31.4 Å². The number of nitrogens with zero attached hydrogens (tertiary/aromatic N) is 1. The number of likely N-dealkylation sites (N-methyl/N-ethyl adjacent to an activating group) is 1. The van der Waals surface area contributed by atoms with Crippen LogP contribution in [0.4, 0.5) is 0 Å². The van der Waals surface area contributed by atoms with Crippen molar-refractivity contribution >= 4 is 22.6 Å². The van der Waals surface area contributed by atoms with Crippen LogP contribution in [0.15, 0.2) is 0 Å². The molecule has 0 aliphatic carbocycles. The molecular formula is C7H17IN2. The first-order valence-electron chi connectivity index (χ1n) is 3.64. The Balaban J connectivity index is 3.40. The summed E-state index contributed by atoms with van der Waals surface area (Å²) < 4.78 is 1.24. The summed E-state index contributed by atoms with van der Waals surface area (Å²) in [7, 11) is 4.18. The summed E-state index contributed by atoms with van der Waals surface area (Å²) in [6.07, 6.45) is 2.51. The highest BCUT2D eigenvalue weighted by molar-refractivity contribution is 14.1. The Kier molecular flexibility index (Phi) is 6.78. The van der Waals surface area contributed by atoms with E-state index in [0.717, 1.165) is 6.54 Å². The Morgan fingerprint density at radius 1 is 1.50 bits per heavy atom. The van der Waals surface area contributed by atoms with E-state index in [1.807, 2.05) is 0 Å². The maximum atomic E-state index is 5.57. The molecule has 0 fully saturated rings. The van der Waals surface area contributed by atoms with Crippen molar-refractivity contribution in [2.75, 3.05) is 25.1 Å². The van der Waals surface area contributed by atoms with Crippen LogP contribution in [0.5, 0.6) is 0 Å². The second-order valence-corrected chi connectivity index (χ2v) is 3.76. The molecule has 1 unspecified atom stereocenters. The molecule has 0 radical (unpaired) electrons. The quantitative estimate of drug-likeness (QED) is 0.589. The molecule has 0 aromatic heterocycles. The maximum absolute atomic E-state index is 5.57. The number of hydrogen-bond acceptors (Lipinski definition) is 2. The van der Waals surface area contributed by atoms with Gasteiger partial charge in [-0.25, -0.2) is 0 Å². The third kappa shape index (κ3) is 4.46. The minimum Gasteiger partial charge on any atom is -0.329 e. The van der Waals surface area contributed by atoms with Gasteiger partial charge in [-0.15, -0.1) is 0 Å². The number of alkyl halides is 1. The predicted octanol–water partition coefficient (Wildman–Crippen LogP) is 1.09. The molecule has 10 heavy (non-hydrogen) atoms. The van der Waals surface area contributed by atoms with Crippen LogP contribution in [0.25, 0.3) is 0 Å². The Morgan fingerprint density at radius 3 is 2.40 bits per heavy atom. The minimum absolute atomic E-state index is 0.578. The van der Waals surface area contributed by atoms with Crippen LogP contribution >= 0.6 is 22.6 Å². The van der Waals surface area contributed by atoms with E-state index >= 15 is 0 Å². The lowest BCUT2D eigenvalue weighted by Crippen LogP contribution is -2.34. The standard InChI is InChI=1S/C7H17IN2/c1-10(2)7(6-9)4-3-5-8/h7H,3-6,9H2,1-2H3. The highest BCUT2D eigenvalue weighted by atomic mass is 127. The van der Waals surface area contributed by atoms with E-state index in [-0.39, 0.29) is 0 Å². The molecule has 0 bridgehead atoms. The molecule has 0 saturated carbocycles. The van der Waals surface area contributed by atoms with E-state index in [1.54, 1.807) is 0 Å². The molecule has 0 amide bonds. The van der Waals surface area contributed by atoms with Crippen LogP contribution in [0.3, 0.4) is 0 Å². The van der Waals surface area contributed by atoms with Crippen molar-refractivity contribution in [1.29, 1.82) is 0 Å². The number of halogens is 1. The van der Waals surface area contributed by atoms with Gasteiger partial charge in [0.1, 0.15) is 0 Å². The van der Waals surface area contributed by atoms with Crippen molar-refractivity contribution < 1.29 is 0 Å². The lowest BCUT2D eigenvalue weighted by molar-refractivity contribution is 0.284. The first-order valence-corrected chi connectivity index (χ1v) is 5.17. The molecule has 1 atom stereocenters. The number of rotatable bonds is 5. The van der Waals surface area contributed by atoms with E-state index in [1.165, 1.54) is 17.3 Å². The molecule has 0 saturated heterocycles. The molecule has 0 aliphatic rings. The zero-order valence-corrected chi connectivity index (χ0v) is 8.97. The van der Waals surface area contributed by atoms with E-state index in [0.29, 0.717) is 6.04 Å². The second kappa shape index (κ2) is 6.37. The first kappa shape index (κ1) is 10.7. The van der Waals surface area contributed by atoms with Gasteiger partial charge in [0, 0.05) is 12.6 Å². The molecule has 0 spiro atoms. The van der Waals surface area contributed by atoms with Gasteiger partial charge in [-0.3, -0.25) is 0 Å².